The van der Waals surface area contributed by atoms with Crippen molar-refractivity contribution in [1.29, 1.82) is 0 Å². The van der Waals surface area contributed by atoms with Crippen molar-refractivity contribution in [2.75, 3.05) is 5.32 Å². The Balaban J connectivity index is 1.37. The van der Waals surface area contributed by atoms with Gasteiger partial charge in [0.2, 0.25) is 5.91 Å². The Kier molecular flexibility index (Phi) is 4.06. The Morgan fingerprint density at radius 3 is 2.74 bits per heavy atom. The Bertz CT molecular complexity index is 1400. The quantitative estimate of drug-likeness (QED) is 0.393. The van der Waals surface area contributed by atoms with Gasteiger partial charge in [-0.25, -0.2) is 0 Å². The highest BCUT2D eigenvalue weighted by atomic mass is 16.1. The number of carbonyl (C=O) groups excluding carboxylic acids is 1. The summed E-state index contributed by atoms with van der Waals surface area (Å²) in [6, 6.07) is 12.2. The van der Waals surface area contributed by atoms with E-state index < -0.39 is 0 Å². The predicted octanol–water partition coefficient (Wildman–Crippen LogP) is 4.91. The number of nitrogens with zero attached hydrogens (tertiary/aromatic N) is 3. The predicted molar refractivity (Wildman–Crippen MR) is 120 cm³/mol. The molecule has 0 radical (unpaired) electrons. The van der Waals surface area contributed by atoms with Crippen LogP contribution in [0, 0.1) is 5.92 Å². The van der Waals surface area contributed by atoms with E-state index >= 15 is 0 Å². The smallest absolute Gasteiger partial charge is 0.227 e. The molecular weight excluding hydrogens is 388 g/mol. The van der Waals surface area contributed by atoms with Crippen LogP contribution in [-0.4, -0.2) is 31.1 Å². The largest absolute Gasteiger partial charge is 0.352 e. The summed E-state index contributed by atoms with van der Waals surface area (Å²) in [4.78, 5) is 24.2. The van der Waals surface area contributed by atoms with Gasteiger partial charge in [0, 0.05) is 34.6 Å². The zero-order chi connectivity index (χ0) is 20.8. The van der Waals surface area contributed by atoms with Gasteiger partial charge in [0.05, 0.1) is 34.8 Å². The lowest BCUT2D eigenvalue weighted by atomic mass is 9.85. The van der Waals surface area contributed by atoms with Gasteiger partial charge < -0.3 is 10.3 Å². The van der Waals surface area contributed by atoms with Gasteiger partial charge in [-0.1, -0.05) is 12.5 Å². The molecule has 6 rings (SSSR count). The average Bonchev–Trinajstić information content (AvgIpc) is 3.36. The Morgan fingerprint density at radius 1 is 0.968 bits per heavy atom. The van der Waals surface area contributed by atoms with Crippen LogP contribution in [0.4, 0.5) is 5.69 Å². The van der Waals surface area contributed by atoms with Crippen LogP contribution < -0.4 is 5.32 Å². The van der Waals surface area contributed by atoms with Gasteiger partial charge >= 0.3 is 0 Å². The van der Waals surface area contributed by atoms with E-state index in [4.69, 9.17) is 0 Å². The molecule has 1 aliphatic rings. The Hall–Kier alpha value is -4.00. The van der Waals surface area contributed by atoms with Crippen LogP contribution in [0.3, 0.4) is 0 Å². The third-order valence-electron chi connectivity index (χ3n) is 6.06. The van der Waals surface area contributed by atoms with Gasteiger partial charge in [0.1, 0.15) is 5.69 Å². The van der Waals surface area contributed by atoms with Crippen molar-refractivity contribution in [3.63, 3.8) is 0 Å². The van der Waals surface area contributed by atoms with E-state index in [0.29, 0.717) is 0 Å². The molecule has 1 saturated carbocycles. The molecular formula is C24H20N6O. The molecule has 7 heteroatoms. The highest BCUT2D eigenvalue weighted by Crippen LogP contribution is 2.32. The number of hydrogen-bond donors (Lipinski definition) is 3. The second-order valence-electron chi connectivity index (χ2n) is 8.06. The second-order valence-corrected chi connectivity index (χ2v) is 8.06. The van der Waals surface area contributed by atoms with Crippen LogP contribution in [0.1, 0.15) is 19.3 Å². The molecule has 0 saturated heterocycles. The number of aromatic amines is 2. The fourth-order valence-electron chi connectivity index (χ4n) is 4.08. The van der Waals surface area contributed by atoms with E-state index in [0.717, 1.165) is 69.3 Å². The number of nitrogens with one attached hydrogen (secondary N) is 3. The first kappa shape index (κ1) is 17.8. The summed E-state index contributed by atoms with van der Waals surface area (Å²) in [5, 5.41) is 12.8. The number of pyridine rings is 2. The molecule has 4 heterocycles. The first-order chi connectivity index (χ1) is 15.2. The summed E-state index contributed by atoms with van der Waals surface area (Å²) in [7, 11) is 0. The van der Waals surface area contributed by atoms with Crippen molar-refractivity contribution in [2.24, 2.45) is 5.92 Å². The van der Waals surface area contributed by atoms with Crippen molar-refractivity contribution in [3.8, 4) is 22.5 Å². The number of hydrogen-bond acceptors (Lipinski definition) is 4. The van der Waals surface area contributed by atoms with Crippen molar-refractivity contribution < 1.29 is 4.79 Å². The average molecular weight is 408 g/mol. The lowest BCUT2D eigenvalue weighted by molar-refractivity contribution is -0.122. The number of H-pyrrole nitrogens is 2. The standard InChI is InChI=1S/C24H20N6O/c31-24(14-2-1-3-14)27-18-8-17(11-26-12-18)15-4-5-20-19(9-15)23(30-29-20)21-10-16-6-7-25-13-22(16)28-21/h4-14,28H,1-3H2,(H,27,31)(H,29,30). The van der Waals surface area contributed by atoms with Crippen LogP contribution >= 0.6 is 0 Å². The number of rotatable bonds is 4. The third-order valence-corrected chi connectivity index (χ3v) is 6.06. The summed E-state index contributed by atoms with van der Waals surface area (Å²) in [5.74, 6) is 0.228. The van der Waals surface area contributed by atoms with E-state index in [1.54, 1.807) is 12.4 Å². The minimum Gasteiger partial charge on any atom is -0.352 e. The lowest BCUT2D eigenvalue weighted by Gasteiger charge is -2.24. The summed E-state index contributed by atoms with van der Waals surface area (Å²) in [6.45, 7) is 0. The topological polar surface area (TPSA) is 99.3 Å². The summed E-state index contributed by atoms with van der Waals surface area (Å²) >= 11 is 0. The van der Waals surface area contributed by atoms with Gasteiger partial charge in [0.25, 0.3) is 0 Å². The summed E-state index contributed by atoms with van der Waals surface area (Å²) < 4.78 is 0. The molecule has 3 N–H and O–H groups in total. The SMILES string of the molecule is O=C(Nc1cncc(-c2ccc3[nH]nc(-c4cc5ccncc5[nH]4)c3c2)c1)C1CCC1. The maximum atomic E-state index is 12.3. The van der Waals surface area contributed by atoms with Crippen LogP contribution in [-0.2, 0) is 4.79 Å². The molecule has 1 aliphatic carbocycles. The molecule has 5 aromatic rings. The summed E-state index contributed by atoms with van der Waals surface area (Å²) in [6.07, 6.45) is 10.2. The minimum atomic E-state index is 0.0890. The third kappa shape index (κ3) is 3.15. The van der Waals surface area contributed by atoms with E-state index in [1.165, 1.54) is 0 Å². The fourth-order valence-corrected chi connectivity index (χ4v) is 4.08. The van der Waals surface area contributed by atoms with E-state index in [2.05, 4.69) is 42.6 Å². The molecule has 1 aromatic carbocycles. The first-order valence-electron chi connectivity index (χ1n) is 10.4. The molecule has 152 valence electrons. The van der Waals surface area contributed by atoms with Crippen molar-refractivity contribution in [1.82, 2.24) is 25.1 Å². The van der Waals surface area contributed by atoms with Crippen LogP contribution in [0.15, 0.2) is 61.2 Å². The maximum Gasteiger partial charge on any atom is 0.227 e. The number of amides is 1. The van der Waals surface area contributed by atoms with Crippen LogP contribution in [0.5, 0.6) is 0 Å². The molecule has 4 aromatic heterocycles. The lowest BCUT2D eigenvalue weighted by Crippen LogP contribution is -2.28. The van der Waals surface area contributed by atoms with Gasteiger partial charge in [-0.2, -0.15) is 5.10 Å². The number of carbonyl (C=O) groups is 1. The number of aromatic nitrogens is 5. The molecule has 1 amide bonds. The zero-order valence-corrected chi connectivity index (χ0v) is 16.7. The molecule has 0 aliphatic heterocycles. The maximum absolute atomic E-state index is 12.3. The zero-order valence-electron chi connectivity index (χ0n) is 16.7. The first-order valence-corrected chi connectivity index (χ1v) is 10.4. The van der Waals surface area contributed by atoms with E-state index in [1.807, 2.05) is 36.7 Å². The molecule has 0 atom stereocenters. The van der Waals surface area contributed by atoms with Gasteiger partial charge in [-0.15, -0.1) is 0 Å². The van der Waals surface area contributed by atoms with E-state index in [-0.39, 0.29) is 11.8 Å². The molecule has 0 unspecified atom stereocenters. The second kappa shape index (κ2) is 7.05. The summed E-state index contributed by atoms with van der Waals surface area (Å²) in [5.41, 5.74) is 6.41. The highest BCUT2D eigenvalue weighted by Gasteiger charge is 2.25. The monoisotopic (exact) mass is 408 g/mol. The van der Waals surface area contributed by atoms with Crippen molar-refractivity contribution in [2.45, 2.75) is 19.3 Å². The minimum absolute atomic E-state index is 0.0890. The van der Waals surface area contributed by atoms with Gasteiger partial charge in [0.15, 0.2) is 0 Å². The normalized spacial score (nSPS) is 14.1. The Morgan fingerprint density at radius 2 is 1.90 bits per heavy atom. The molecule has 0 bridgehead atoms. The molecule has 31 heavy (non-hydrogen) atoms. The number of anilines is 1. The van der Waals surface area contributed by atoms with Crippen LogP contribution in [0.25, 0.3) is 44.3 Å². The van der Waals surface area contributed by atoms with Gasteiger partial charge in [-0.3, -0.25) is 19.9 Å². The molecule has 7 nitrogen and oxygen atoms in total. The number of fused-ring (bicyclic) bond motifs is 2. The molecule has 0 spiro atoms. The highest BCUT2D eigenvalue weighted by molar-refractivity contribution is 5.98. The number of benzene rings is 1. The molecule has 1 fully saturated rings. The fraction of sp³-hybridized carbons (Fsp3) is 0.167. The Labute approximate surface area is 177 Å². The van der Waals surface area contributed by atoms with Crippen LogP contribution in [0.2, 0.25) is 0 Å². The van der Waals surface area contributed by atoms with E-state index in [9.17, 15) is 4.79 Å². The van der Waals surface area contributed by atoms with Gasteiger partial charge in [-0.05, 0) is 48.7 Å². The van der Waals surface area contributed by atoms with Crippen molar-refractivity contribution >= 4 is 33.4 Å². The van der Waals surface area contributed by atoms with Crippen molar-refractivity contribution in [3.05, 3.63) is 61.2 Å².